The number of aryl methyl sites for hydroxylation is 3. The van der Waals surface area contributed by atoms with Crippen molar-refractivity contribution in [3.05, 3.63) is 23.0 Å². The SMILES string of the molecule is CCCNCCNC(=O)c1cc2c(C)nn(C)c2nc1C. The third-order valence-corrected chi connectivity index (χ3v) is 3.45. The van der Waals surface area contributed by atoms with Gasteiger partial charge in [0.2, 0.25) is 0 Å². The molecule has 2 heterocycles. The number of rotatable bonds is 6. The Labute approximate surface area is 124 Å². The Balaban J connectivity index is 2.12. The van der Waals surface area contributed by atoms with Gasteiger partial charge >= 0.3 is 0 Å². The minimum absolute atomic E-state index is 0.0801. The number of fused-ring (bicyclic) bond motifs is 1. The van der Waals surface area contributed by atoms with E-state index in [1.54, 1.807) is 4.68 Å². The fourth-order valence-electron chi connectivity index (χ4n) is 2.32. The lowest BCUT2D eigenvalue weighted by molar-refractivity contribution is 0.0953. The number of carbonyl (C=O) groups is 1. The Morgan fingerprint density at radius 2 is 2.00 bits per heavy atom. The van der Waals surface area contributed by atoms with E-state index in [9.17, 15) is 4.79 Å². The van der Waals surface area contributed by atoms with E-state index in [4.69, 9.17) is 0 Å². The maximum atomic E-state index is 12.3. The average molecular weight is 289 g/mol. The Hall–Kier alpha value is -1.95. The summed E-state index contributed by atoms with van der Waals surface area (Å²) in [5.74, 6) is -0.0801. The van der Waals surface area contributed by atoms with Crippen LogP contribution in [0.4, 0.5) is 0 Å². The van der Waals surface area contributed by atoms with Gasteiger partial charge < -0.3 is 10.6 Å². The zero-order valence-electron chi connectivity index (χ0n) is 13.2. The molecular weight excluding hydrogens is 266 g/mol. The first-order valence-electron chi connectivity index (χ1n) is 7.34. The predicted molar refractivity (Wildman–Crippen MR) is 83.5 cm³/mol. The van der Waals surface area contributed by atoms with Crippen LogP contribution in [0.15, 0.2) is 6.07 Å². The Kier molecular flexibility index (Phi) is 4.90. The summed E-state index contributed by atoms with van der Waals surface area (Å²) in [6.45, 7) is 8.26. The maximum Gasteiger partial charge on any atom is 0.253 e. The lowest BCUT2D eigenvalue weighted by Gasteiger charge is -2.08. The van der Waals surface area contributed by atoms with Crippen molar-refractivity contribution in [1.29, 1.82) is 0 Å². The molecule has 0 aliphatic heterocycles. The van der Waals surface area contributed by atoms with E-state index in [2.05, 4.69) is 27.6 Å². The van der Waals surface area contributed by atoms with Crippen LogP contribution in [0, 0.1) is 13.8 Å². The summed E-state index contributed by atoms with van der Waals surface area (Å²) in [6.07, 6.45) is 1.09. The topological polar surface area (TPSA) is 71.8 Å². The molecule has 0 aliphatic carbocycles. The first-order chi connectivity index (χ1) is 10.0. The summed E-state index contributed by atoms with van der Waals surface area (Å²) >= 11 is 0. The van der Waals surface area contributed by atoms with Gasteiger partial charge in [0.05, 0.1) is 17.0 Å². The monoisotopic (exact) mass is 289 g/mol. The first-order valence-corrected chi connectivity index (χ1v) is 7.34. The van der Waals surface area contributed by atoms with Crippen LogP contribution in [0.1, 0.15) is 35.1 Å². The molecule has 6 heteroatoms. The number of carbonyl (C=O) groups excluding carboxylic acids is 1. The molecule has 0 saturated heterocycles. The molecule has 0 radical (unpaired) electrons. The van der Waals surface area contributed by atoms with E-state index in [1.165, 1.54) is 0 Å². The molecule has 1 amide bonds. The zero-order valence-corrected chi connectivity index (χ0v) is 13.2. The van der Waals surface area contributed by atoms with Gasteiger partial charge in [0, 0.05) is 25.5 Å². The van der Waals surface area contributed by atoms with Crippen molar-refractivity contribution in [1.82, 2.24) is 25.4 Å². The highest BCUT2D eigenvalue weighted by atomic mass is 16.1. The zero-order chi connectivity index (χ0) is 15.4. The van der Waals surface area contributed by atoms with E-state index in [-0.39, 0.29) is 5.91 Å². The quantitative estimate of drug-likeness (QED) is 0.787. The first kappa shape index (κ1) is 15.4. The molecule has 0 spiro atoms. The minimum Gasteiger partial charge on any atom is -0.351 e. The highest BCUT2D eigenvalue weighted by Gasteiger charge is 2.14. The fourth-order valence-corrected chi connectivity index (χ4v) is 2.32. The maximum absolute atomic E-state index is 12.3. The van der Waals surface area contributed by atoms with Gasteiger partial charge in [0.25, 0.3) is 5.91 Å². The highest BCUT2D eigenvalue weighted by Crippen LogP contribution is 2.19. The summed E-state index contributed by atoms with van der Waals surface area (Å²) in [7, 11) is 1.86. The number of hydrogen-bond donors (Lipinski definition) is 2. The normalized spacial score (nSPS) is 11.0. The number of aromatic nitrogens is 3. The Bertz CT molecular complexity index is 647. The van der Waals surface area contributed by atoms with E-state index in [1.807, 2.05) is 27.0 Å². The van der Waals surface area contributed by atoms with Crippen LogP contribution < -0.4 is 10.6 Å². The summed E-state index contributed by atoms with van der Waals surface area (Å²) in [5, 5.41) is 11.4. The van der Waals surface area contributed by atoms with Crippen LogP contribution in [0.2, 0.25) is 0 Å². The smallest absolute Gasteiger partial charge is 0.253 e. The Morgan fingerprint density at radius 1 is 1.24 bits per heavy atom. The van der Waals surface area contributed by atoms with Crippen LogP contribution in [0.5, 0.6) is 0 Å². The molecule has 0 fully saturated rings. The van der Waals surface area contributed by atoms with Crippen molar-refractivity contribution in [3.63, 3.8) is 0 Å². The highest BCUT2D eigenvalue weighted by molar-refractivity contribution is 5.98. The average Bonchev–Trinajstić information content (AvgIpc) is 2.72. The summed E-state index contributed by atoms with van der Waals surface area (Å²) in [6, 6.07) is 1.88. The number of nitrogens with one attached hydrogen (secondary N) is 2. The van der Waals surface area contributed by atoms with E-state index in [0.29, 0.717) is 12.1 Å². The lowest BCUT2D eigenvalue weighted by atomic mass is 10.1. The van der Waals surface area contributed by atoms with Gasteiger partial charge in [-0.1, -0.05) is 6.92 Å². The van der Waals surface area contributed by atoms with Crippen LogP contribution in [-0.2, 0) is 7.05 Å². The van der Waals surface area contributed by atoms with Crippen molar-refractivity contribution in [2.75, 3.05) is 19.6 Å². The second kappa shape index (κ2) is 6.67. The van der Waals surface area contributed by atoms with E-state index in [0.717, 1.165) is 41.9 Å². The molecule has 0 saturated carbocycles. The van der Waals surface area contributed by atoms with E-state index < -0.39 is 0 Å². The molecule has 21 heavy (non-hydrogen) atoms. The van der Waals surface area contributed by atoms with Crippen LogP contribution in [0.3, 0.4) is 0 Å². The molecular formula is C15H23N5O. The minimum atomic E-state index is -0.0801. The lowest BCUT2D eigenvalue weighted by Crippen LogP contribution is -2.32. The third-order valence-electron chi connectivity index (χ3n) is 3.45. The van der Waals surface area contributed by atoms with Gasteiger partial charge in [-0.2, -0.15) is 5.10 Å². The van der Waals surface area contributed by atoms with Crippen molar-refractivity contribution >= 4 is 16.9 Å². The molecule has 2 rings (SSSR count). The van der Waals surface area contributed by atoms with Crippen LogP contribution >= 0.6 is 0 Å². The van der Waals surface area contributed by atoms with Crippen molar-refractivity contribution < 1.29 is 4.79 Å². The molecule has 2 aromatic heterocycles. The standard InChI is InChI=1S/C15H23N5O/c1-5-6-16-7-8-17-15(21)13-9-12-11(3)19-20(4)14(12)18-10(13)2/h9,16H,5-8H2,1-4H3,(H,17,21). The molecule has 0 aliphatic rings. The van der Waals surface area contributed by atoms with Crippen LogP contribution in [-0.4, -0.2) is 40.3 Å². The predicted octanol–water partition coefficient (Wildman–Crippen LogP) is 1.31. The van der Waals surface area contributed by atoms with Crippen LogP contribution in [0.25, 0.3) is 11.0 Å². The molecule has 2 N–H and O–H groups in total. The molecule has 0 aromatic carbocycles. The summed E-state index contributed by atoms with van der Waals surface area (Å²) in [4.78, 5) is 16.8. The second-order valence-electron chi connectivity index (χ2n) is 5.21. The van der Waals surface area contributed by atoms with Gasteiger partial charge in [-0.25, -0.2) is 4.98 Å². The van der Waals surface area contributed by atoms with Crippen molar-refractivity contribution in [2.45, 2.75) is 27.2 Å². The molecule has 2 aromatic rings. The largest absolute Gasteiger partial charge is 0.351 e. The number of nitrogens with zero attached hydrogens (tertiary/aromatic N) is 3. The molecule has 0 bridgehead atoms. The number of hydrogen-bond acceptors (Lipinski definition) is 4. The van der Waals surface area contributed by atoms with Gasteiger partial charge in [-0.15, -0.1) is 0 Å². The second-order valence-corrected chi connectivity index (χ2v) is 5.21. The summed E-state index contributed by atoms with van der Waals surface area (Å²) in [5.41, 5.74) is 3.04. The van der Waals surface area contributed by atoms with E-state index >= 15 is 0 Å². The third kappa shape index (κ3) is 3.39. The number of amides is 1. The fraction of sp³-hybridized carbons (Fsp3) is 0.533. The summed E-state index contributed by atoms with van der Waals surface area (Å²) < 4.78 is 1.74. The van der Waals surface area contributed by atoms with Gasteiger partial charge in [-0.3, -0.25) is 9.48 Å². The van der Waals surface area contributed by atoms with Gasteiger partial charge in [0.1, 0.15) is 0 Å². The number of pyridine rings is 1. The molecule has 114 valence electrons. The van der Waals surface area contributed by atoms with Crippen molar-refractivity contribution in [2.24, 2.45) is 7.05 Å². The molecule has 0 atom stereocenters. The molecule has 6 nitrogen and oxygen atoms in total. The van der Waals surface area contributed by atoms with Gasteiger partial charge in [-0.05, 0) is 32.9 Å². The Morgan fingerprint density at radius 3 is 2.71 bits per heavy atom. The molecule has 0 unspecified atom stereocenters. The van der Waals surface area contributed by atoms with Crippen molar-refractivity contribution in [3.8, 4) is 0 Å². The van der Waals surface area contributed by atoms with Gasteiger partial charge in [0.15, 0.2) is 5.65 Å².